The summed E-state index contributed by atoms with van der Waals surface area (Å²) in [6, 6.07) is 3.71. The van der Waals surface area contributed by atoms with Crippen LogP contribution in [0, 0.1) is 22.0 Å². The molecule has 0 radical (unpaired) electrons. The number of nitro groups is 1. The zero-order valence-electron chi connectivity index (χ0n) is 14.4. The second-order valence-electron chi connectivity index (χ2n) is 6.55. The van der Waals surface area contributed by atoms with Crippen molar-refractivity contribution in [1.82, 2.24) is 5.32 Å². The third kappa shape index (κ3) is 4.68. The molecule has 0 aliphatic heterocycles. The number of anilines is 1. The lowest BCUT2D eigenvalue weighted by molar-refractivity contribution is -0.383. The Morgan fingerprint density at radius 2 is 2.08 bits per heavy atom. The van der Waals surface area contributed by atoms with E-state index in [0.29, 0.717) is 11.8 Å². The topological polar surface area (TPSA) is 125 Å². The molecule has 1 aliphatic rings. The Morgan fingerprint density at radius 3 is 2.76 bits per heavy atom. The molecule has 25 heavy (non-hydrogen) atoms. The molecule has 0 bridgehead atoms. The first-order chi connectivity index (χ1) is 11.8. The minimum absolute atomic E-state index is 0.0200. The van der Waals surface area contributed by atoms with E-state index in [1.54, 1.807) is 0 Å². The monoisotopic (exact) mass is 349 g/mol. The highest BCUT2D eigenvalue weighted by Crippen LogP contribution is 2.29. The summed E-state index contributed by atoms with van der Waals surface area (Å²) < 4.78 is 4.95. The Bertz CT molecular complexity index is 676. The molecule has 1 aliphatic carbocycles. The maximum absolute atomic E-state index is 12.0. The van der Waals surface area contributed by atoms with E-state index in [4.69, 9.17) is 10.5 Å². The third-order valence-electron chi connectivity index (χ3n) is 4.85. The fourth-order valence-electron chi connectivity index (χ4n) is 3.08. The Balaban J connectivity index is 1.90. The van der Waals surface area contributed by atoms with Crippen LogP contribution >= 0.6 is 0 Å². The zero-order valence-corrected chi connectivity index (χ0v) is 14.4. The molecule has 1 aromatic rings. The van der Waals surface area contributed by atoms with Crippen molar-refractivity contribution in [3.8, 4) is 0 Å². The van der Waals surface area contributed by atoms with Gasteiger partial charge in [-0.25, -0.2) is 4.79 Å². The van der Waals surface area contributed by atoms with Gasteiger partial charge in [0.15, 0.2) is 6.61 Å². The van der Waals surface area contributed by atoms with Gasteiger partial charge in [-0.15, -0.1) is 0 Å². The molecule has 8 nitrogen and oxygen atoms in total. The molecule has 8 heteroatoms. The fraction of sp³-hybridized carbons (Fsp3) is 0.529. The molecule has 1 saturated carbocycles. The number of benzene rings is 1. The van der Waals surface area contributed by atoms with E-state index in [1.807, 2.05) is 0 Å². The molecule has 0 spiro atoms. The summed E-state index contributed by atoms with van der Waals surface area (Å²) in [5, 5.41) is 13.8. The van der Waals surface area contributed by atoms with Gasteiger partial charge in [0.05, 0.1) is 10.5 Å². The van der Waals surface area contributed by atoms with Gasteiger partial charge in [0.2, 0.25) is 0 Å². The number of hydrogen-bond donors (Lipinski definition) is 2. The van der Waals surface area contributed by atoms with Gasteiger partial charge in [0.1, 0.15) is 5.69 Å². The van der Waals surface area contributed by atoms with Gasteiger partial charge in [0.25, 0.3) is 11.6 Å². The van der Waals surface area contributed by atoms with Gasteiger partial charge in [0, 0.05) is 12.1 Å². The van der Waals surface area contributed by atoms with E-state index in [0.717, 1.165) is 25.3 Å². The molecule has 0 aromatic heterocycles. The molecule has 1 fully saturated rings. The second-order valence-corrected chi connectivity index (χ2v) is 6.55. The van der Waals surface area contributed by atoms with Crippen molar-refractivity contribution >= 4 is 23.3 Å². The van der Waals surface area contributed by atoms with Crippen molar-refractivity contribution in [2.45, 2.75) is 39.2 Å². The molecule has 0 unspecified atom stereocenters. The fourth-order valence-corrected chi connectivity index (χ4v) is 3.08. The van der Waals surface area contributed by atoms with E-state index in [2.05, 4.69) is 19.2 Å². The van der Waals surface area contributed by atoms with Gasteiger partial charge in [-0.2, -0.15) is 0 Å². The van der Waals surface area contributed by atoms with E-state index >= 15 is 0 Å². The lowest BCUT2D eigenvalue weighted by Gasteiger charge is -2.34. The predicted molar refractivity (Wildman–Crippen MR) is 91.9 cm³/mol. The van der Waals surface area contributed by atoms with Crippen LogP contribution in [-0.4, -0.2) is 29.4 Å². The number of hydrogen-bond acceptors (Lipinski definition) is 6. The van der Waals surface area contributed by atoms with Gasteiger partial charge in [-0.05, 0) is 30.4 Å². The summed E-state index contributed by atoms with van der Waals surface area (Å²) in [6.07, 6.45) is 3.12. The van der Waals surface area contributed by atoms with Crippen LogP contribution in [0.1, 0.15) is 43.5 Å². The molecular formula is C17H23N3O5. The van der Waals surface area contributed by atoms with Crippen molar-refractivity contribution in [1.29, 1.82) is 0 Å². The lowest BCUT2D eigenvalue weighted by Crippen LogP contribution is -2.45. The first-order valence-corrected chi connectivity index (χ1v) is 8.30. The Hall–Kier alpha value is -2.64. The average molecular weight is 349 g/mol. The number of ether oxygens (including phenoxy) is 1. The number of nitrogens with two attached hydrogens (primary N) is 1. The number of nitrogen functional groups attached to an aromatic ring is 1. The van der Waals surface area contributed by atoms with Crippen molar-refractivity contribution in [3.63, 3.8) is 0 Å². The van der Waals surface area contributed by atoms with Crippen LogP contribution in [0.25, 0.3) is 0 Å². The summed E-state index contributed by atoms with van der Waals surface area (Å²) >= 11 is 0. The number of nitrogens with zero attached hydrogens (tertiary/aromatic N) is 1. The standard InChI is InChI=1S/C17H23N3O5/c1-10-4-3-5-14(11(10)2)19-16(21)9-25-17(22)12-6-7-13(18)15(8-12)20(23)24/h6-8,10-11,14H,3-5,9,18H2,1-2H3,(H,19,21)/t10-,11+,14+/m1/s1. The summed E-state index contributed by atoms with van der Waals surface area (Å²) in [6.45, 7) is 3.85. The smallest absolute Gasteiger partial charge is 0.338 e. The number of esters is 1. The molecule has 3 N–H and O–H groups in total. The minimum atomic E-state index is -0.802. The Kier molecular flexibility index (Phi) is 5.95. The van der Waals surface area contributed by atoms with Crippen LogP contribution in [0.15, 0.2) is 18.2 Å². The normalized spacial score (nSPS) is 22.9. The van der Waals surface area contributed by atoms with Crippen LogP contribution in [-0.2, 0) is 9.53 Å². The number of amides is 1. The summed E-state index contributed by atoms with van der Waals surface area (Å²) in [7, 11) is 0. The quantitative estimate of drug-likeness (QED) is 0.364. The van der Waals surface area contributed by atoms with Gasteiger partial charge in [-0.1, -0.05) is 26.7 Å². The van der Waals surface area contributed by atoms with Gasteiger partial charge < -0.3 is 15.8 Å². The zero-order chi connectivity index (χ0) is 18.6. The van der Waals surface area contributed by atoms with E-state index in [1.165, 1.54) is 12.1 Å². The maximum atomic E-state index is 12.0. The van der Waals surface area contributed by atoms with E-state index < -0.39 is 17.5 Å². The highest BCUT2D eigenvalue weighted by atomic mass is 16.6. The first-order valence-electron chi connectivity index (χ1n) is 8.30. The molecule has 1 aromatic carbocycles. The van der Waals surface area contributed by atoms with Crippen LogP contribution in [0.4, 0.5) is 11.4 Å². The van der Waals surface area contributed by atoms with Crippen molar-refractivity contribution in [2.75, 3.05) is 12.3 Å². The number of carbonyl (C=O) groups is 2. The van der Waals surface area contributed by atoms with Crippen molar-refractivity contribution < 1.29 is 19.2 Å². The van der Waals surface area contributed by atoms with Crippen molar-refractivity contribution in [2.24, 2.45) is 11.8 Å². The van der Waals surface area contributed by atoms with Crippen LogP contribution in [0.5, 0.6) is 0 Å². The summed E-state index contributed by atoms with van der Waals surface area (Å²) in [5.41, 5.74) is 5.05. The van der Waals surface area contributed by atoms with Crippen LogP contribution < -0.4 is 11.1 Å². The molecule has 2 rings (SSSR count). The Morgan fingerprint density at radius 1 is 1.36 bits per heavy atom. The number of carbonyl (C=O) groups excluding carboxylic acids is 2. The summed E-state index contributed by atoms with van der Waals surface area (Å²) in [5.74, 6) is -0.266. The molecular weight excluding hydrogens is 326 g/mol. The van der Waals surface area contributed by atoms with Crippen LogP contribution in [0.2, 0.25) is 0 Å². The van der Waals surface area contributed by atoms with Crippen LogP contribution in [0.3, 0.4) is 0 Å². The first kappa shape index (κ1) is 18.7. The third-order valence-corrected chi connectivity index (χ3v) is 4.85. The minimum Gasteiger partial charge on any atom is -0.452 e. The molecule has 3 atom stereocenters. The highest BCUT2D eigenvalue weighted by Gasteiger charge is 2.28. The Labute approximate surface area is 145 Å². The number of nitrogens with one attached hydrogen (secondary N) is 1. The predicted octanol–water partition coefficient (Wildman–Crippen LogP) is 2.27. The molecule has 0 heterocycles. The highest BCUT2D eigenvalue weighted by molar-refractivity contribution is 5.92. The largest absolute Gasteiger partial charge is 0.452 e. The molecule has 1 amide bonds. The molecule has 0 saturated heterocycles. The summed E-state index contributed by atoms with van der Waals surface area (Å²) in [4.78, 5) is 34.2. The number of nitro benzene ring substituents is 1. The molecule has 136 valence electrons. The maximum Gasteiger partial charge on any atom is 0.338 e. The van der Waals surface area contributed by atoms with Gasteiger partial charge >= 0.3 is 5.97 Å². The second kappa shape index (κ2) is 7.96. The van der Waals surface area contributed by atoms with Crippen molar-refractivity contribution in [3.05, 3.63) is 33.9 Å². The van der Waals surface area contributed by atoms with Gasteiger partial charge in [-0.3, -0.25) is 14.9 Å². The number of rotatable bonds is 5. The SMILES string of the molecule is C[C@H]1[C@H](C)CCC[C@@H]1NC(=O)COC(=O)c1ccc(N)c([N+](=O)[O-])c1. The lowest BCUT2D eigenvalue weighted by atomic mass is 9.78. The average Bonchev–Trinajstić information content (AvgIpc) is 2.57. The van der Waals surface area contributed by atoms with E-state index in [-0.39, 0.29) is 28.9 Å². The van der Waals surface area contributed by atoms with E-state index in [9.17, 15) is 19.7 Å².